The van der Waals surface area contributed by atoms with E-state index in [-0.39, 0.29) is 6.29 Å². The van der Waals surface area contributed by atoms with Gasteiger partial charge in [0.25, 0.3) is 0 Å². The van der Waals surface area contributed by atoms with Crippen molar-refractivity contribution >= 4 is 10.5 Å². The van der Waals surface area contributed by atoms with E-state index in [4.69, 9.17) is 9.16 Å². The summed E-state index contributed by atoms with van der Waals surface area (Å²) in [5.41, 5.74) is 0. The molecule has 0 amide bonds. The van der Waals surface area contributed by atoms with Crippen molar-refractivity contribution in [2.75, 3.05) is 0 Å². The van der Waals surface area contributed by atoms with E-state index in [1.54, 1.807) is 0 Å². The Morgan fingerprint density at radius 1 is 0.824 bits per heavy atom. The molecule has 0 aromatic heterocycles. The Morgan fingerprint density at radius 2 is 1.29 bits per heavy atom. The maximum Gasteiger partial charge on any atom is 0.149 e. The largest absolute Gasteiger partial charge is 0.404 e. The number of hydrogen-bond donors (Lipinski definition) is 0. The Balaban J connectivity index is 3.97. The number of unbranched alkanes of at least 4 members (excludes halogenated alkanes) is 3. The van der Waals surface area contributed by atoms with Crippen molar-refractivity contribution in [3.63, 3.8) is 0 Å². The fourth-order valence-corrected chi connectivity index (χ4v) is 2.32. The average Bonchev–Trinajstić information content (AvgIpc) is 2.36. The van der Waals surface area contributed by atoms with Gasteiger partial charge < -0.3 is 9.16 Å². The van der Waals surface area contributed by atoms with E-state index >= 15 is 0 Å². The van der Waals surface area contributed by atoms with Crippen LogP contribution in [0.25, 0.3) is 0 Å². The molecular weight excluding hydrogens is 228 g/mol. The molecule has 0 saturated heterocycles. The SMILES string of the molecule is CCCCC(CCCC)OC(CCCC)O[SiH3]. The lowest BCUT2D eigenvalue weighted by molar-refractivity contribution is -0.126. The molecule has 0 spiro atoms. The summed E-state index contributed by atoms with van der Waals surface area (Å²) in [6.07, 6.45) is 11.4. The van der Waals surface area contributed by atoms with Crippen molar-refractivity contribution in [2.45, 2.75) is 91.0 Å². The Bertz CT molecular complexity index is 145. The van der Waals surface area contributed by atoms with Crippen LogP contribution in [0.15, 0.2) is 0 Å². The molecule has 0 aliphatic heterocycles. The first kappa shape index (κ1) is 17.1. The van der Waals surface area contributed by atoms with Gasteiger partial charge in [-0.3, -0.25) is 0 Å². The van der Waals surface area contributed by atoms with E-state index in [1.807, 2.05) is 0 Å². The molecule has 2 nitrogen and oxygen atoms in total. The lowest BCUT2D eigenvalue weighted by Crippen LogP contribution is -2.24. The van der Waals surface area contributed by atoms with Crippen molar-refractivity contribution in [3.05, 3.63) is 0 Å². The lowest BCUT2D eigenvalue weighted by atomic mass is 10.1. The predicted octanol–water partition coefficient (Wildman–Crippen LogP) is 3.57. The van der Waals surface area contributed by atoms with Crippen LogP contribution in [-0.2, 0) is 9.16 Å². The minimum absolute atomic E-state index is 0.0697. The minimum atomic E-state index is 0.0697. The Kier molecular flexibility index (Phi) is 12.7. The Hall–Kier alpha value is 0.137. The maximum absolute atomic E-state index is 6.12. The van der Waals surface area contributed by atoms with Crippen molar-refractivity contribution in [1.29, 1.82) is 0 Å². The van der Waals surface area contributed by atoms with Gasteiger partial charge in [0.2, 0.25) is 0 Å². The van der Waals surface area contributed by atoms with E-state index in [1.165, 1.54) is 51.4 Å². The van der Waals surface area contributed by atoms with Gasteiger partial charge in [-0.2, -0.15) is 0 Å². The number of hydrogen-bond acceptors (Lipinski definition) is 2. The van der Waals surface area contributed by atoms with Gasteiger partial charge in [0.15, 0.2) is 0 Å². The van der Waals surface area contributed by atoms with E-state index in [9.17, 15) is 0 Å². The quantitative estimate of drug-likeness (QED) is 0.394. The van der Waals surface area contributed by atoms with Gasteiger partial charge in [0, 0.05) is 0 Å². The zero-order valence-electron chi connectivity index (χ0n) is 12.3. The second kappa shape index (κ2) is 12.6. The third-order valence-corrected chi connectivity index (χ3v) is 3.69. The van der Waals surface area contributed by atoms with Gasteiger partial charge in [0.1, 0.15) is 16.8 Å². The van der Waals surface area contributed by atoms with Crippen LogP contribution >= 0.6 is 0 Å². The summed E-state index contributed by atoms with van der Waals surface area (Å²) in [4.78, 5) is 0. The normalized spacial score (nSPS) is 13.4. The summed E-state index contributed by atoms with van der Waals surface area (Å²) in [6, 6.07) is 0. The first-order valence-corrected chi connectivity index (χ1v) is 8.28. The van der Waals surface area contributed by atoms with Crippen molar-refractivity contribution in [1.82, 2.24) is 0 Å². The molecule has 0 heterocycles. The van der Waals surface area contributed by atoms with Gasteiger partial charge >= 0.3 is 0 Å². The fourth-order valence-electron chi connectivity index (χ4n) is 1.97. The zero-order chi connectivity index (χ0) is 12.9. The van der Waals surface area contributed by atoms with E-state index < -0.39 is 0 Å². The van der Waals surface area contributed by atoms with Gasteiger partial charge in [-0.05, 0) is 25.7 Å². The Labute approximate surface area is 111 Å². The zero-order valence-corrected chi connectivity index (χ0v) is 14.3. The van der Waals surface area contributed by atoms with Crippen molar-refractivity contribution < 1.29 is 9.16 Å². The highest BCUT2D eigenvalue weighted by atomic mass is 28.2. The average molecular weight is 260 g/mol. The summed E-state index contributed by atoms with van der Waals surface area (Å²) >= 11 is 0. The second-order valence-electron chi connectivity index (χ2n) is 4.85. The topological polar surface area (TPSA) is 18.5 Å². The predicted molar refractivity (Wildman–Crippen MR) is 78.3 cm³/mol. The summed E-state index contributed by atoms with van der Waals surface area (Å²) in [7, 11) is 0.779. The van der Waals surface area contributed by atoms with E-state index in [0.717, 1.165) is 16.9 Å². The molecule has 0 N–H and O–H groups in total. The van der Waals surface area contributed by atoms with Crippen LogP contribution in [0.1, 0.15) is 78.6 Å². The van der Waals surface area contributed by atoms with E-state index in [0.29, 0.717) is 6.10 Å². The first-order chi connectivity index (χ1) is 8.28. The highest BCUT2D eigenvalue weighted by Gasteiger charge is 2.14. The molecule has 17 heavy (non-hydrogen) atoms. The van der Waals surface area contributed by atoms with Crippen molar-refractivity contribution in [2.24, 2.45) is 0 Å². The van der Waals surface area contributed by atoms with Gasteiger partial charge in [-0.1, -0.05) is 52.9 Å². The summed E-state index contributed by atoms with van der Waals surface area (Å²) in [6.45, 7) is 6.71. The summed E-state index contributed by atoms with van der Waals surface area (Å²) in [5, 5.41) is 0. The molecule has 0 bridgehead atoms. The van der Waals surface area contributed by atoms with E-state index in [2.05, 4.69) is 20.8 Å². The lowest BCUT2D eigenvalue weighted by Gasteiger charge is -2.24. The Morgan fingerprint density at radius 3 is 1.71 bits per heavy atom. The van der Waals surface area contributed by atoms with Crippen LogP contribution in [0.5, 0.6) is 0 Å². The van der Waals surface area contributed by atoms with Gasteiger partial charge in [0.05, 0.1) is 6.10 Å². The highest BCUT2D eigenvalue weighted by molar-refractivity contribution is 5.98. The van der Waals surface area contributed by atoms with Crippen LogP contribution < -0.4 is 0 Å². The maximum atomic E-state index is 6.12. The fraction of sp³-hybridized carbons (Fsp3) is 1.00. The minimum Gasteiger partial charge on any atom is -0.404 e. The molecule has 0 fully saturated rings. The molecule has 1 unspecified atom stereocenters. The standard InChI is InChI=1S/C14H32O2Si/c1-4-7-10-13(11-8-5-2)15-14(16-17)12-9-6-3/h13-14H,4-12H2,1-3,17H3. The molecule has 1 atom stereocenters. The van der Waals surface area contributed by atoms with Crippen LogP contribution in [0.2, 0.25) is 0 Å². The molecule has 0 aliphatic carbocycles. The molecular formula is C14H32O2Si. The van der Waals surface area contributed by atoms with Crippen molar-refractivity contribution in [3.8, 4) is 0 Å². The molecule has 3 heteroatoms. The second-order valence-corrected chi connectivity index (χ2v) is 5.32. The molecule has 0 aromatic carbocycles. The smallest absolute Gasteiger partial charge is 0.149 e. The third-order valence-electron chi connectivity index (χ3n) is 3.16. The monoisotopic (exact) mass is 260 g/mol. The van der Waals surface area contributed by atoms with Crippen LogP contribution in [0.4, 0.5) is 0 Å². The third kappa shape index (κ3) is 9.80. The molecule has 0 saturated carbocycles. The van der Waals surface area contributed by atoms with Crippen LogP contribution in [0, 0.1) is 0 Å². The van der Waals surface area contributed by atoms with Crippen LogP contribution in [0.3, 0.4) is 0 Å². The molecule has 0 aliphatic rings. The molecule has 0 radical (unpaired) electrons. The van der Waals surface area contributed by atoms with Gasteiger partial charge in [-0.25, -0.2) is 0 Å². The van der Waals surface area contributed by atoms with Crippen LogP contribution in [-0.4, -0.2) is 22.9 Å². The first-order valence-electron chi connectivity index (χ1n) is 7.46. The number of rotatable bonds is 12. The van der Waals surface area contributed by atoms with Gasteiger partial charge in [-0.15, -0.1) is 0 Å². The summed E-state index contributed by atoms with van der Waals surface area (Å²) in [5.74, 6) is 0. The summed E-state index contributed by atoms with van der Waals surface area (Å²) < 4.78 is 11.7. The molecule has 0 rings (SSSR count). The number of ether oxygens (including phenoxy) is 1. The molecule has 104 valence electrons. The molecule has 0 aromatic rings. The highest BCUT2D eigenvalue weighted by Crippen LogP contribution is 2.17.